The number of benzene rings is 2. The lowest BCUT2D eigenvalue weighted by Crippen LogP contribution is -2.22. The molecular weight excluding hydrogens is 386 g/mol. The Morgan fingerprint density at radius 1 is 1.17 bits per heavy atom. The van der Waals surface area contributed by atoms with Gasteiger partial charge < -0.3 is 14.6 Å². The van der Waals surface area contributed by atoms with Crippen LogP contribution in [0.2, 0.25) is 0 Å². The topological polar surface area (TPSA) is 73.2 Å². The number of carbonyl (C=O) groups excluding carboxylic acids is 2. The fourth-order valence-electron chi connectivity index (χ4n) is 2.94. The number of fused-ring (bicyclic) bond motifs is 1. The van der Waals surface area contributed by atoms with Gasteiger partial charge >= 0.3 is 5.97 Å². The quantitative estimate of drug-likeness (QED) is 0.452. The van der Waals surface area contributed by atoms with Gasteiger partial charge in [0.15, 0.2) is 5.16 Å². The van der Waals surface area contributed by atoms with Crippen molar-refractivity contribution in [3.63, 3.8) is 0 Å². The van der Waals surface area contributed by atoms with Gasteiger partial charge in [0.2, 0.25) is 5.91 Å². The minimum atomic E-state index is -0.361. The van der Waals surface area contributed by atoms with Crippen LogP contribution in [0.5, 0.6) is 0 Å². The molecule has 6 nitrogen and oxygen atoms in total. The highest BCUT2D eigenvalue weighted by Gasteiger charge is 2.20. The molecule has 0 saturated carbocycles. The van der Waals surface area contributed by atoms with Crippen LogP contribution in [0.25, 0.3) is 11.0 Å². The number of esters is 1. The number of carbonyl (C=O) groups is 2. The van der Waals surface area contributed by atoms with Crippen molar-refractivity contribution < 1.29 is 14.3 Å². The van der Waals surface area contributed by atoms with Crippen molar-refractivity contribution >= 4 is 40.4 Å². The third-order valence-corrected chi connectivity index (χ3v) is 5.60. The van der Waals surface area contributed by atoms with E-state index >= 15 is 0 Å². The Morgan fingerprint density at radius 3 is 2.55 bits per heavy atom. The second-order valence-corrected chi connectivity index (χ2v) is 7.99. The Hall–Kier alpha value is -2.80. The number of imidazole rings is 1. The van der Waals surface area contributed by atoms with E-state index in [-0.39, 0.29) is 17.1 Å². The molecular formula is C22H25N3O3S. The highest BCUT2D eigenvalue weighted by atomic mass is 32.2. The van der Waals surface area contributed by atoms with Crippen LogP contribution in [-0.2, 0) is 16.1 Å². The number of nitrogens with one attached hydrogen (secondary N) is 1. The highest BCUT2D eigenvalue weighted by molar-refractivity contribution is 8.00. The minimum absolute atomic E-state index is 0.0826. The third kappa shape index (κ3) is 4.79. The van der Waals surface area contributed by atoms with Gasteiger partial charge in [0.1, 0.15) is 0 Å². The predicted molar refractivity (Wildman–Crippen MR) is 116 cm³/mol. The number of nitrogens with zero attached hydrogens (tertiary/aromatic N) is 2. The number of ether oxygens (including phenoxy) is 1. The lowest BCUT2D eigenvalue weighted by atomic mass is 10.2. The molecule has 1 aromatic heterocycles. The molecule has 0 aliphatic rings. The number of rotatable bonds is 7. The summed E-state index contributed by atoms with van der Waals surface area (Å²) in [6.07, 6.45) is 0. The van der Waals surface area contributed by atoms with Crippen LogP contribution in [0.15, 0.2) is 47.6 Å². The van der Waals surface area contributed by atoms with E-state index in [0.717, 1.165) is 21.9 Å². The van der Waals surface area contributed by atoms with Crippen LogP contribution in [0, 0.1) is 6.92 Å². The molecule has 1 amide bonds. The lowest BCUT2D eigenvalue weighted by Gasteiger charge is -2.13. The van der Waals surface area contributed by atoms with Gasteiger partial charge in [-0.2, -0.15) is 0 Å². The average Bonchev–Trinajstić information content (AvgIpc) is 3.05. The summed E-state index contributed by atoms with van der Waals surface area (Å²) >= 11 is 1.40. The van der Waals surface area contributed by atoms with E-state index in [4.69, 9.17) is 4.74 Å². The van der Waals surface area contributed by atoms with Crippen LogP contribution in [0.4, 0.5) is 5.69 Å². The average molecular weight is 412 g/mol. The molecule has 0 fully saturated rings. The fraction of sp³-hybridized carbons (Fsp3) is 0.318. The fourth-order valence-corrected chi connectivity index (χ4v) is 3.92. The first-order valence-electron chi connectivity index (χ1n) is 9.64. The molecule has 29 heavy (non-hydrogen) atoms. The Labute approximate surface area is 174 Å². The molecule has 3 aromatic rings. The first-order valence-corrected chi connectivity index (χ1v) is 10.5. The summed E-state index contributed by atoms with van der Waals surface area (Å²) in [5, 5.41) is 3.36. The van der Waals surface area contributed by atoms with Gasteiger partial charge in [0.25, 0.3) is 0 Å². The zero-order valence-electron chi connectivity index (χ0n) is 17.1. The summed E-state index contributed by atoms with van der Waals surface area (Å²) in [6, 6.07) is 13.1. The number of aromatic nitrogens is 2. The highest BCUT2D eigenvalue weighted by Crippen LogP contribution is 2.28. The number of hydrogen-bond acceptors (Lipinski definition) is 5. The summed E-state index contributed by atoms with van der Waals surface area (Å²) in [5.74, 6) is -0.443. The molecule has 7 heteroatoms. The van der Waals surface area contributed by atoms with Crippen molar-refractivity contribution in [2.75, 3.05) is 11.9 Å². The molecule has 0 aliphatic heterocycles. The first kappa shape index (κ1) is 20.9. The van der Waals surface area contributed by atoms with Crippen molar-refractivity contribution in [2.24, 2.45) is 0 Å². The maximum Gasteiger partial charge on any atom is 0.338 e. The zero-order chi connectivity index (χ0) is 21.0. The van der Waals surface area contributed by atoms with E-state index in [1.807, 2.05) is 55.7 Å². The molecule has 3 rings (SSSR count). The third-order valence-electron chi connectivity index (χ3n) is 4.51. The maximum atomic E-state index is 12.6. The first-order chi connectivity index (χ1) is 13.9. The van der Waals surface area contributed by atoms with Crippen LogP contribution in [-0.4, -0.2) is 33.3 Å². The van der Waals surface area contributed by atoms with E-state index < -0.39 is 0 Å². The van der Waals surface area contributed by atoms with Gasteiger partial charge in [-0.05, 0) is 58.0 Å². The molecule has 1 atom stereocenters. The lowest BCUT2D eigenvalue weighted by molar-refractivity contribution is -0.115. The smallest absolute Gasteiger partial charge is 0.338 e. The van der Waals surface area contributed by atoms with E-state index in [1.165, 1.54) is 11.8 Å². The monoisotopic (exact) mass is 411 g/mol. The van der Waals surface area contributed by atoms with E-state index in [2.05, 4.69) is 10.3 Å². The van der Waals surface area contributed by atoms with Gasteiger partial charge in [-0.3, -0.25) is 4.79 Å². The summed E-state index contributed by atoms with van der Waals surface area (Å²) in [6.45, 7) is 8.71. The molecule has 0 radical (unpaired) electrons. The second-order valence-electron chi connectivity index (χ2n) is 6.68. The minimum Gasteiger partial charge on any atom is -0.462 e. The Bertz CT molecular complexity index is 1030. The van der Waals surface area contributed by atoms with Crippen LogP contribution in [0.1, 0.15) is 36.7 Å². The molecule has 0 aliphatic carbocycles. The zero-order valence-corrected chi connectivity index (χ0v) is 17.9. The van der Waals surface area contributed by atoms with Gasteiger partial charge in [-0.15, -0.1) is 0 Å². The van der Waals surface area contributed by atoms with Gasteiger partial charge in [0, 0.05) is 12.2 Å². The predicted octanol–water partition coefficient (Wildman–Crippen LogP) is 4.66. The number of hydrogen-bond donors (Lipinski definition) is 1. The summed E-state index contributed by atoms with van der Waals surface area (Å²) in [7, 11) is 0. The van der Waals surface area contributed by atoms with Crippen molar-refractivity contribution in [1.29, 1.82) is 0 Å². The standard InChI is InChI=1S/C22H25N3O3S/c1-5-25-19-12-9-16(21(27)28-6-2)13-18(19)24-22(25)29-15(4)20(26)23-17-10-7-14(3)8-11-17/h7-13,15H,5-6H2,1-4H3,(H,23,26)/t15-/m0/s1. The molecule has 0 spiro atoms. The van der Waals surface area contributed by atoms with Crippen molar-refractivity contribution in [3.8, 4) is 0 Å². The Kier molecular flexibility index (Phi) is 6.59. The molecule has 1 heterocycles. The van der Waals surface area contributed by atoms with Crippen LogP contribution >= 0.6 is 11.8 Å². The number of aryl methyl sites for hydroxylation is 2. The summed E-state index contributed by atoms with van der Waals surface area (Å²) in [5.41, 5.74) is 4.03. The van der Waals surface area contributed by atoms with Gasteiger partial charge in [-0.1, -0.05) is 29.5 Å². The molecule has 152 valence electrons. The number of amides is 1. The SMILES string of the molecule is CCOC(=O)c1ccc2c(c1)nc(S[C@@H](C)C(=O)Nc1ccc(C)cc1)n2CC. The molecule has 2 aromatic carbocycles. The Morgan fingerprint density at radius 2 is 1.90 bits per heavy atom. The van der Waals surface area contributed by atoms with Crippen LogP contribution in [0.3, 0.4) is 0 Å². The normalized spacial score (nSPS) is 12.0. The number of anilines is 1. The molecule has 0 bridgehead atoms. The summed E-state index contributed by atoms with van der Waals surface area (Å²) < 4.78 is 7.11. The largest absolute Gasteiger partial charge is 0.462 e. The second kappa shape index (κ2) is 9.13. The molecule has 1 N–H and O–H groups in total. The van der Waals surface area contributed by atoms with Crippen molar-refractivity contribution in [1.82, 2.24) is 9.55 Å². The van der Waals surface area contributed by atoms with Crippen LogP contribution < -0.4 is 5.32 Å². The van der Waals surface area contributed by atoms with Crippen molar-refractivity contribution in [2.45, 2.75) is 44.6 Å². The number of thioether (sulfide) groups is 1. The van der Waals surface area contributed by atoms with Crippen molar-refractivity contribution in [3.05, 3.63) is 53.6 Å². The summed E-state index contributed by atoms with van der Waals surface area (Å²) in [4.78, 5) is 29.3. The van der Waals surface area contributed by atoms with E-state index in [0.29, 0.717) is 24.2 Å². The Balaban J connectivity index is 1.79. The van der Waals surface area contributed by atoms with E-state index in [9.17, 15) is 9.59 Å². The molecule has 0 unspecified atom stereocenters. The molecule has 0 saturated heterocycles. The van der Waals surface area contributed by atoms with Gasteiger partial charge in [0.05, 0.1) is 28.5 Å². The van der Waals surface area contributed by atoms with E-state index in [1.54, 1.807) is 19.1 Å². The van der Waals surface area contributed by atoms with Gasteiger partial charge in [-0.25, -0.2) is 9.78 Å². The maximum absolute atomic E-state index is 12.6.